The van der Waals surface area contributed by atoms with E-state index >= 15 is 0 Å². The van der Waals surface area contributed by atoms with Crippen LogP contribution in [-0.4, -0.2) is 25.1 Å². The molecule has 4 nitrogen and oxygen atoms in total. The number of nitrogens with two attached hydrogens (primary N) is 1. The lowest BCUT2D eigenvalue weighted by atomic mass is 9.95. The van der Waals surface area contributed by atoms with Crippen LogP contribution in [0.25, 0.3) is 0 Å². The van der Waals surface area contributed by atoms with Crippen molar-refractivity contribution in [1.82, 2.24) is 5.32 Å². The standard InChI is InChI=1S/C15H22N2O2/c1-10-4-5-11(8-13(10)19-3)14(18)17-15(2,9-16)12-6-7-12/h4-5,8,12H,6-7,9,16H2,1-3H3,(H,17,18). The van der Waals surface area contributed by atoms with Gasteiger partial charge >= 0.3 is 0 Å². The first-order chi connectivity index (χ1) is 9.00. The molecule has 1 atom stereocenters. The zero-order chi connectivity index (χ0) is 14.0. The molecule has 0 heterocycles. The van der Waals surface area contributed by atoms with Crippen LogP contribution >= 0.6 is 0 Å². The maximum absolute atomic E-state index is 12.3. The van der Waals surface area contributed by atoms with Gasteiger partial charge in [0.15, 0.2) is 0 Å². The minimum Gasteiger partial charge on any atom is -0.496 e. The summed E-state index contributed by atoms with van der Waals surface area (Å²) >= 11 is 0. The number of benzene rings is 1. The third-order valence-corrected chi connectivity index (χ3v) is 3.97. The summed E-state index contributed by atoms with van der Waals surface area (Å²) < 4.78 is 5.25. The van der Waals surface area contributed by atoms with Gasteiger partial charge in [-0.2, -0.15) is 0 Å². The molecule has 0 saturated heterocycles. The van der Waals surface area contributed by atoms with Crippen LogP contribution in [-0.2, 0) is 0 Å². The number of hydrogen-bond acceptors (Lipinski definition) is 3. The molecule has 1 aromatic rings. The lowest BCUT2D eigenvalue weighted by Crippen LogP contribution is -2.53. The molecule has 4 heteroatoms. The Morgan fingerprint density at radius 3 is 2.74 bits per heavy atom. The second-order valence-electron chi connectivity index (χ2n) is 5.53. The maximum Gasteiger partial charge on any atom is 0.251 e. The Balaban J connectivity index is 2.15. The van der Waals surface area contributed by atoms with Gasteiger partial charge in [-0.25, -0.2) is 0 Å². The molecular formula is C15H22N2O2. The summed E-state index contributed by atoms with van der Waals surface area (Å²) in [5.41, 5.74) is 7.15. The fraction of sp³-hybridized carbons (Fsp3) is 0.533. The van der Waals surface area contributed by atoms with Crippen LogP contribution in [0.5, 0.6) is 5.75 Å². The van der Waals surface area contributed by atoms with Crippen LogP contribution in [0.2, 0.25) is 0 Å². The molecule has 104 valence electrons. The van der Waals surface area contributed by atoms with Gasteiger partial charge in [0.2, 0.25) is 0 Å². The Bertz CT molecular complexity index is 483. The summed E-state index contributed by atoms with van der Waals surface area (Å²) in [6, 6.07) is 5.48. The van der Waals surface area contributed by atoms with Crippen molar-refractivity contribution in [2.24, 2.45) is 11.7 Å². The van der Waals surface area contributed by atoms with Crippen molar-refractivity contribution in [3.63, 3.8) is 0 Å². The minimum absolute atomic E-state index is 0.0850. The van der Waals surface area contributed by atoms with Crippen molar-refractivity contribution < 1.29 is 9.53 Å². The van der Waals surface area contributed by atoms with Gasteiger partial charge in [-0.05, 0) is 50.3 Å². The van der Waals surface area contributed by atoms with E-state index in [2.05, 4.69) is 5.32 Å². The highest BCUT2D eigenvalue weighted by Gasteiger charge is 2.41. The fourth-order valence-corrected chi connectivity index (χ4v) is 2.33. The largest absolute Gasteiger partial charge is 0.496 e. The van der Waals surface area contributed by atoms with Crippen molar-refractivity contribution in [1.29, 1.82) is 0 Å². The number of methoxy groups -OCH3 is 1. The van der Waals surface area contributed by atoms with E-state index in [0.717, 1.165) is 24.2 Å². The van der Waals surface area contributed by atoms with Crippen LogP contribution in [0.3, 0.4) is 0 Å². The molecule has 1 aliphatic carbocycles. The van der Waals surface area contributed by atoms with Crippen molar-refractivity contribution in [3.8, 4) is 5.75 Å². The lowest BCUT2D eigenvalue weighted by Gasteiger charge is -2.29. The van der Waals surface area contributed by atoms with E-state index in [-0.39, 0.29) is 11.4 Å². The smallest absolute Gasteiger partial charge is 0.251 e. The normalized spacial score (nSPS) is 17.7. The molecule has 1 aromatic carbocycles. The summed E-state index contributed by atoms with van der Waals surface area (Å²) in [5.74, 6) is 1.15. The van der Waals surface area contributed by atoms with Crippen molar-refractivity contribution in [2.75, 3.05) is 13.7 Å². The second kappa shape index (κ2) is 5.21. The van der Waals surface area contributed by atoms with Gasteiger partial charge in [-0.15, -0.1) is 0 Å². The molecule has 0 bridgehead atoms. The van der Waals surface area contributed by atoms with Crippen LogP contribution in [0.15, 0.2) is 18.2 Å². The molecule has 19 heavy (non-hydrogen) atoms. The molecule has 3 N–H and O–H groups in total. The van der Waals surface area contributed by atoms with Crippen molar-refractivity contribution >= 4 is 5.91 Å². The fourth-order valence-electron chi connectivity index (χ4n) is 2.33. The van der Waals surface area contributed by atoms with E-state index in [1.807, 2.05) is 26.0 Å². The monoisotopic (exact) mass is 262 g/mol. The summed E-state index contributed by atoms with van der Waals surface area (Å²) in [4.78, 5) is 12.3. The molecule has 1 saturated carbocycles. The highest BCUT2D eigenvalue weighted by Crippen LogP contribution is 2.39. The predicted octanol–water partition coefficient (Wildman–Crippen LogP) is 1.86. The molecule has 1 aliphatic rings. The molecule has 0 radical (unpaired) electrons. The molecule has 2 rings (SSSR count). The number of carbonyl (C=O) groups excluding carboxylic acids is 1. The zero-order valence-electron chi connectivity index (χ0n) is 11.8. The van der Waals surface area contributed by atoms with E-state index in [1.165, 1.54) is 0 Å². The Labute approximate surface area is 114 Å². The van der Waals surface area contributed by atoms with Gasteiger partial charge < -0.3 is 15.8 Å². The van der Waals surface area contributed by atoms with Gasteiger partial charge in [-0.1, -0.05) is 6.07 Å². The molecule has 0 aliphatic heterocycles. The molecule has 0 aromatic heterocycles. The summed E-state index contributed by atoms with van der Waals surface area (Å²) in [5, 5.41) is 3.07. The van der Waals surface area contributed by atoms with Gasteiger partial charge in [0.05, 0.1) is 12.6 Å². The van der Waals surface area contributed by atoms with Crippen LogP contribution in [0.1, 0.15) is 35.7 Å². The number of nitrogens with one attached hydrogen (secondary N) is 1. The molecule has 1 amide bonds. The quantitative estimate of drug-likeness (QED) is 0.851. The van der Waals surface area contributed by atoms with Gasteiger partial charge in [0, 0.05) is 12.1 Å². The summed E-state index contributed by atoms with van der Waals surface area (Å²) in [6.07, 6.45) is 2.29. The highest BCUT2D eigenvalue weighted by molar-refractivity contribution is 5.95. The number of rotatable bonds is 5. The third kappa shape index (κ3) is 2.89. The minimum atomic E-state index is -0.296. The van der Waals surface area contributed by atoms with Crippen LogP contribution < -0.4 is 15.8 Å². The van der Waals surface area contributed by atoms with Gasteiger partial charge in [-0.3, -0.25) is 4.79 Å². The SMILES string of the molecule is COc1cc(C(=O)NC(C)(CN)C2CC2)ccc1C. The lowest BCUT2D eigenvalue weighted by molar-refractivity contribution is 0.0897. The first kappa shape index (κ1) is 13.9. The first-order valence-electron chi connectivity index (χ1n) is 6.67. The molecule has 0 spiro atoms. The van der Waals surface area contributed by atoms with Crippen LogP contribution in [0.4, 0.5) is 0 Å². The van der Waals surface area contributed by atoms with Crippen molar-refractivity contribution in [2.45, 2.75) is 32.2 Å². The highest BCUT2D eigenvalue weighted by atomic mass is 16.5. The van der Waals surface area contributed by atoms with E-state index in [0.29, 0.717) is 18.0 Å². The third-order valence-electron chi connectivity index (χ3n) is 3.97. The van der Waals surface area contributed by atoms with E-state index in [1.54, 1.807) is 13.2 Å². The number of amides is 1. The number of aryl methyl sites for hydroxylation is 1. The molecule has 1 unspecified atom stereocenters. The van der Waals surface area contributed by atoms with Crippen molar-refractivity contribution in [3.05, 3.63) is 29.3 Å². The van der Waals surface area contributed by atoms with E-state index in [4.69, 9.17) is 10.5 Å². The Morgan fingerprint density at radius 2 is 2.21 bits per heavy atom. The topological polar surface area (TPSA) is 64.3 Å². The number of hydrogen-bond donors (Lipinski definition) is 2. The summed E-state index contributed by atoms with van der Waals surface area (Å²) in [6.45, 7) is 4.44. The number of carbonyl (C=O) groups is 1. The maximum atomic E-state index is 12.3. The van der Waals surface area contributed by atoms with Gasteiger partial charge in [0.25, 0.3) is 5.91 Å². The number of ether oxygens (including phenoxy) is 1. The Morgan fingerprint density at radius 1 is 1.53 bits per heavy atom. The molecular weight excluding hydrogens is 240 g/mol. The van der Waals surface area contributed by atoms with Crippen LogP contribution in [0, 0.1) is 12.8 Å². The first-order valence-corrected chi connectivity index (χ1v) is 6.67. The van der Waals surface area contributed by atoms with Gasteiger partial charge in [0.1, 0.15) is 5.75 Å². The Kier molecular flexibility index (Phi) is 3.80. The average Bonchev–Trinajstić information content (AvgIpc) is 3.23. The molecule has 1 fully saturated rings. The predicted molar refractivity (Wildman–Crippen MR) is 75.4 cm³/mol. The van der Waals surface area contributed by atoms with E-state index < -0.39 is 0 Å². The van der Waals surface area contributed by atoms with E-state index in [9.17, 15) is 4.79 Å². The second-order valence-corrected chi connectivity index (χ2v) is 5.53. The Hall–Kier alpha value is -1.55. The zero-order valence-corrected chi connectivity index (χ0v) is 11.8. The average molecular weight is 262 g/mol. The summed E-state index contributed by atoms with van der Waals surface area (Å²) in [7, 11) is 1.61.